The molecular formula is C30H41FN4O5. The van der Waals surface area contributed by atoms with Crippen molar-refractivity contribution in [2.75, 3.05) is 0 Å². The maximum Gasteiger partial charge on any atom is 0.258 e. The van der Waals surface area contributed by atoms with Gasteiger partial charge in [-0.25, -0.2) is 9.37 Å². The number of aromatic amines is 1. The molecule has 4 N–H and O–H groups in total. The molecule has 2 aliphatic rings. The molecule has 0 aliphatic heterocycles. The van der Waals surface area contributed by atoms with Crippen LogP contribution in [0.5, 0.6) is 5.75 Å². The van der Waals surface area contributed by atoms with Gasteiger partial charge in [0.15, 0.2) is 11.5 Å². The van der Waals surface area contributed by atoms with Gasteiger partial charge in [0.1, 0.15) is 5.75 Å². The summed E-state index contributed by atoms with van der Waals surface area (Å²) in [5.74, 6) is -2.45. The van der Waals surface area contributed by atoms with E-state index in [9.17, 15) is 23.9 Å². The molecule has 4 rings (SSSR count). The number of imidazole rings is 1. The number of H-pyrrole nitrogens is 1. The third kappa shape index (κ3) is 6.54. The van der Waals surface area contributed by atoms with Gasteiger partial charge in [-0.1, -0.05) is 32.9 Å². The molecule has 2 aliphatic carbocycles. The van der Waals surface area contributed by atoms with Crippen molar-refractivity contribution in [1.82, 2.24) is 20.6 Å². The van der Waals surface area contributed by atoms with Crippen LogP contribution in [-0.2, 0) is 20.9 Å². The maximum absolute atomic E-state index is 14.4. The number of halogens is 1. The van der Waals surface area contributed by atoms with Gasteiger partial charge in [-0.3, -0.25) is 14.4 Å². The van der Waals surface area contributed by atoms with E-state index in [2.05, 4.69) is 20.6 Å². The molecule has 218 valence electrons. The molecule has 10 heteroatoms. The Bertz CT molecular complexity index is 1260. The quantitative estimate of drug-likeness (QED) is 0.352. The predicted molar refractivity (Wildman–Crippen MR) is 148 cm³/mol. The Kier molecular flexibility index (Phi) is 8.40. The van der Waals surface area contributed by atoms with E-state index < -0.39 is 41.0 Å². The number of Topliss-reactive ketones (excluding diaryl/α,β-unsaturated/α-hetero) is 1. The van der Waals surface area contributed by atoms with Crippen LogP contribution in [0.1, 0.15) is 71.6 Å². The van der Waals surface area contributed by atoms with Crippen molar-refractivity contribution >= 4 is 17.6 Å². The summed E-state index contributed by atoms with van der Waals surface area (Å²) in [5, 5.41) is 16.0. The summed E-state index contributed by atoms with van der Waals surface area (Å²) in [6.45, 7) is 11.3. The van der Waals surface area contributed by atoms with E-state index in [1.807, 2.05) is 39.0 Å². The topological polar surface area (TPSA) is 133 Å². The number of benzene rings is 1. The number of aryl methyl sites for hydroxylation is 1. The van der Waals surface area contributed by atoms with Gasteiger partial charge in [0.25, 0.3) is 5.91 Å². The number of hydrogen-bond donors (Lipinski definition) is 4. The summed E-state index contributed by atoms with van der Waals surface area (Å²) < 4.78 is 20.5. The molecule has 0 radical (unpaired) electrons. The number of hydrogen-bond acceptors (Lipinski definition) is 6. The van der Waals surface area contributed by atoms with Crippen molar-refractivity contribution in [2.24, 2.45) is 17.3 Å². The van der Waals surface area contributed by atoms with Crippen LogP contribution in [0.2, 0.25) is 0 Å². The largest absolute Gasteiger partial charge is 0.491 e. The van der Waals surface area contributed by atoms with Crippen LogP contribution in [0.4, 0.5) is 4.39 Å². The van der Waals surface area contributed by atoms with Crippen molar-refractivity contribution in [3.8, 4) is 17.0 Å². The fraction of sp³-hybridized carbons (Fsp3) is 0.600. The zero-order chi connectivity index (χ0) is 29.4. The summed E-state index contributed by atoms with van der Waals surface area (Å²) in [4.78, 5) is 47.0. The number of amides is 2. The van der Waals surface area contributed by atoms with E-state index in [0.717, 1.165) is 22.5 Å². The van der Waals surface area contributed by atoms with E-state index in [-0.39, 0.29) is 50.0 Å². The van der Waals surface area contributed by atoms with Crippen LogP contribution in [0.15, 0.2) is 24.5 Å². The average molecular weight is 557 g/mol. The molecule has 9 nitrogen and oxygen atoms in total. The fourth-order valence-corrected chi connectivity index (χ4v) is 5.33. The van der Waals surface area contributed by atoms with Crippen LogP contribution in [0.3, 0.4) is 0 Å². The summed E-state index contributed by atoms with van der Waals surface area (Å²) in [7, 11) is 0. The SMILES string of the molecule is Cc1nc[nH]c1-c1ccc(CNC(=O)[C@@H]2C[C@@H](O)CC2C(=O)[C@@H](NC(=O)C2(F)CC2)C(C)(C)C)c(OC(C)C)c1. The van der Waals surface area contributed by atoms with Crippen molar-refractivity contribution in [2.45, 2.75) is 97.7 Å². The number of ketones is 1. The van der Waals surface area contributed by atoms with Crippen LogP contribution in [-0.4, -0.2) is 56.6 Å². The summed E-state index contributed by atoms with van der Waals surface area (Å²) in [5.41, 5.74) is 0.785. The third-order valence-electron chi connectivity index (χ3n) is 7.76. The molecule has 1 aromatic carbocycles. The number of alkyl halides is 1. The van der Waals surface area contributed by atoms with Gasteiger partial charge >= 0.3 is 0 Å². The number of ether oxygens (including phenoxy) is 1. The first kappa shape index (κ1) is 29.7. The highest BCUT2D eigenvalue weighted by molar-refractivity contribution is 5.97. The highest BCUT2D eigenvalue weighted by Gasteiger charge is 2.53. The van der Waals surface area contributed by atoms with Crippen molar-refractivity contribution in [1.29, 1.82) is 0 Å². The molecule has 1 heterocycles. The smallest absolute Gasteiger partial charge is 0.258 e. The lowest BCUT2D eigenvalue weighted by Gasteiger charge is -2.33. The minimum Gasteiger partial charge on any atom is -0.491 e. The molecule has 1 unspecified atom stereocenters. The lowest BCUT2D eigenvalue weighted by atomic mass is 9.77. The zero-order valence-corrected chi connectivity index (χ0v) is 24.1. The Hall–Kier alpha value is -3.27. The second kappa shape index (κ2) is 11.3. The summed E-state index contributed by atoms with van der Waals surface area (Å²) >= 11 is 0. The third-order valence-corrected chi connectivity index (χ3v) is 7.76. The van der Waals surface area contributed by atoms with E-state index in [1.54, 1.807) is 27.1 Å². The van der Waals surface area contributed by atoms with E-state index >= 15 is 0 Å². The molecule has 0 bridgehead atoms. The van der Waals surface area contributed by atoms with Gasteiger partial charge in [-0.15, -0.1) is 0 Å². The van der Waals surface area contributed by atoms with E-state index in [1.165, 1.54) is 0 Å². The molecule has 40 heavy (non-hydrogen) atoms. The van der Waals surface area contributed by atoms with Gasteiger partial charge in [0, 0.05) is 23.6 Å². The first-order valence-electron chi connectivity index (χ1n) is 14.0. The normalized spacial score (nSPS) is 22.6. The summed E-state index contributed by atoms with van der Waals surface area (Å²) in [6, 6.07) is 4.73. The zero-order valence-electron chi connectivity index (χ0n) is 24.1. The van der Waals surface area contributed by atoms with E-state index in [4.69, 9.17) is 4.74 Å². The minimum atomic E-state index is -1.92. The number of aromatic nitrogens is 2. The number of nitrogens with zero attached hydrogens (tertiary/aromatic N) is 1. The summed E-state index contributed by atoms with van der Waals surface area (Å²) in [6.07, 6.45) is 1.24. The molecule has 2 saturated carbocycles. The van der Waals surface area contributed by atoms with Crippen LogP contribution in [0, 0.1) is 24.2 Å². The number of rotatable bonds is 10. The van der Waals surface area contributed by atoms with Gasteiger partial charge in [-0.2, -0.15) is 0 Å². The Morgan fingerprint density at radius 2 is 1.88 bits per heavy atom. The Morgan fingerprint density at radius 3 is 2.45 bits per heavy atom. The Labute approximate surface area is 234 Å². The fourth-order valence-electron chi connectivity index (χ4n) is 5.33. The first-order valence-corrected chi connectivity index (χ1v) is 14.0. The average Bonchev–Trinajstić information content (AvgIpc) is 3.28. The first-order chi connectivity index (χ1) is 18.7. The number of nitrogens with one attached hydrogen (secondary N) is 3. The monoisotopic (exact) mass is 556 g/mol. The number of aliphatic hydroxyl groups is 1. The van der Waals surface area contributed by atoms with Crippen LogP contribution < -0.4 is 15.4 Å². The maximum atomic E-state index is 14.4. The van der Waals surface area contributed by atoms with Crippen LogP contribution >= 0.6 is 0 Å². The molecule has 1 aromatic heterocycles. The lowest BCUT2D eigenvalue weighted by molar-refractivity contribution is -0.138. The Balaban J connectivity index is 1.49. The second-order valence-corrected chi connectivity index (χ2v) is 12.5. The second-order valence-electron chi connectivity index (χ2n) is 12.5. The molecule has 0 spiro atoms. The lowest BCUT2D eigenvalue weighted by Crippen LogP contribution is -2.54. The number of aliphatic hydroxyl groups excluding tert-OH is 1. The standard InChI is InChI=1S/C30H41FN4O5/c1-16(2)40-23-11-18(24-17(3)33-15-34-24)7-8-19(23)14-32-27(38)22-13-20(36)12-21(22)25(37)26(29(4,5)6)35-28(39)30(31)9-10-30/h7-8,11,15-16,20-22,26,36H,9-10,12-14H2,1-6H3,(H,32,38)(H,33,34)(H,35,39)/t20-,21?,22+,26+/m0/s1. The molecule has 2 aromatic rings. The highest BCUT2D eigenvalue weighted by atomic mass is 19.1. The van der Waals surface area contributed by atoms with Crippen LogP contribution in [0.25, 0.3) is 11.3 Å². The molecular weight excluding hydrogens is 515 g/mol. The van der Waals surface area contributed by atoms with Gasteiger partial charge in [0.05, 0.1) is 41.9 Å². The van der Waals surface area contributed by atoms with E-state index in [0.29, 0.717) is 5.75 Å². The minimum absolute atomic E-state index is 0.0943. The van der Waals surface area contributed by atoms with Crippen molar-refractivity contribution < 1.29 is 28.6 Å². The molecule has 0 saturated heterocycles. The number of carbonyl (C=O) groups is 3. The highest BCUT2D eigenvalue weighted by Crippen LogP contribution is 2.41. The number of carbonyl (C=O) groups excluding carboxylic acids is 3. The molecule has 4 atom stereocenters. The van der Waals surface area contributed by atoms with Gasteiger partial charge < -0.3 is 25.5 Å². The van der Waals surface area contributed by atoms with Gasteiger partial charge in [0.2, 0.25) is 5.91 Å². The van der Waals surface area contributed by atoms with Crippen molar-refractivity contribution in [3.63, 3.8) is 0 Å². The van der Waals surface area contributed by atoms with Crippen molar-refractivity contribution in [3.05, 3.63) is 35.8 Å². The van der Waals surface area contributed by atoms with Gasteiger partial charge in [-0.05, 0) is 57.9 Å². The Morgan fingerprint density at radius 1 is 1.20 bits per heavy atom. The predicted octanol–water partition coefficient (Wildman–Crippen LogP) is 3.78. The molecule has 2 amide bonds. The molecule has 2 fully saturated rings.